The maximum atomic E-state index is 12.0. The number of sulfonamides is 1. The summed E-state index contributed by atoms with van der Waals surface area (Å²) in [6.07, 6.45) is 1.04. The molecular formula is C14H21N3O4S. The van der Waals surface area contributed by atoms with Gasteiger partial charge in [0.05, 0.1) is 18.6 Å². The van der Waals surface area contributed by atoms with Crippen LogP contribution < -0.4 is 14.5 Å². The lowest BCUT2D eigenvalue weighted by Crippen LogP contribution is -2.39. The van der Waals surface area contributed by atoms with Gasteiger partial charge in [-0.05, 0) is 32.9 Å². The molecule has 0 saturated heterocycles. The quantitative estimate of drug-likeness (QED) is 0.605. The fourth-order valence-corrected chi connectivity index (χ4v) is 2.52. The molecule has 0 radical (unpaired) electrons. The summed E-state index contributed by atoms with van der Waals surface area (Å²) in [4.78, 5) is 11.9. The Hall–Kier alpha value is -2.09. The summed E-state index contributed by atoms with van der Waals surface area (Å²) < 4.78 is 30.5. The van der Waals surface area contributed by atoms with Crippen molar-refractivity contribution in [2.24, 2.45) is 5.10 Å². The van der Waals surface area contributed by atoms with Gasteiger partial charge in [0.1, 0.15) is 12.3 Å². The average molecular weight is 327 g/mol. The van der Waals surface area contributed by atoms with Crippen molar-refractivity contribution in [1.82, 2.24) is 5.43 Å². The summed E-state index contributed by atoms with van der Waals surface area (Å²) in [5, 5.41) is 3.78. The van der Waals surface area contributed by atoms with E-state index in [4.69, 9.17) is 4.74 Å². The number of hydrogen-bond acceptors (Lipinski definition) is 5. The number of para-hydroxylation sites is 2. The Bertz CT molecular complexity index is 652. The van der Waals surface area contributed by atoms with E-state index in [-0.39, 0.29) is 6.54 Å². The van der Waals surface area contributed by atoms with Gasteiger partial charge in [-0.3, -0.25) is 9.10 Å². The molecule has 122 valence electrons. The molecule has 0 atom stereocenters. The molecule has 0 bridgehead atoms. The number of nitrogens with one attached hydrogen (secondary N) is 1. The highest BCUT2D eigenvalue weighted by Gasteiger charge is 2.23. The number of nitrogens with zero attached hydrogens (tertiary/aromatic N) is 2. The molecule has 22 heavy (non-hydrogen) atoms. The van der Waals surface area contributed by atoms with Crippen LogP contribution in [0.2, 0.25) is 0 Å². The predicted octanol–water partition coefficient (Wildman–Crippen LogP) is 1.36. The first-order chi connectivity index (χ1) is 10.3. The van der Waals surface area contributed by atoms with Gasteiger partial charge in [-0.2, -0.15) is 5.10 Å². The fourth-order valence-electron chi connectivity index (χ4n) is 1.66. The van der Waals surface area contributed by atoms with Gasteiger partial charge in [-0.1, -0.05) is 12.1 Å². The molecule has 8 heteroatoms. The second-order valence-electron chi connectivity index (χ2n) is 4.76. The fraction of sp³-hybridized carbons (Fsp3) is 0.429. The third kappa shape index (κ3) is 5.36. The van der Waals surface area contributed by atoms with Crippen LogP contribution >= 0.6 is 0 Å². The Morgan fingerprint density at radius 1 is 1.32 bits per heavy atom. The normalized spacial score (nSPS) is 10.7. The van der Waals surface area contributed by atoms with Crippen LogP contribution in [0.1, 0.15) is 20.8 Å². The number of ether oxygens (including phenoxy) is 1. The largest absolute Gasteiger partial charge is 0.492 e. The minimum Gasteiger partial charge on any atom is -0.492 e. The molecule has 7 nitrogen and oxygen atoms in total. The van der Waals surface area contributed by atoms with Crippen molar-refractivity contribution in [3.8, 4) is 5.75 Å². The molecule has 0 aromatic heterocycles. The van der Waals surface area contributed by atoms with Crippen LogP contribution in [0, 0.1) is 0 Å². The molecule has 0 fully saturated rings. The third-order valence-electron chi connectivity index (χ3n) is 2.53. The molecule has 1 N–H and O–H groups in total. The van der Waals surface area contributed by atoms with Gasteiger partial charge in [0, 0.05) is 5.71 Å². The highest BCUT2D eigenvalue weighted by atomic mass is 32.2. The predicted molar refractivity (Wildman–Crippen MR) is 86.7 cm³/mol. The van der Waals surface area contributed by atoms with Crippen LogP contribution in [0.4, 0.5) is 5.69 Å². The molecule has 0 aliphatic carbocycles. The number of benzene rings is 1. The Balaban J connectivity index is 3.10. The molecular weight excluding hydrogens is 306 g/mol. The van der Waals surface area contributed by atoms with Gasteiger partial charge in [0.2, 0.25) is 10.0 Å². The number of amides is 1. The van der Waals surface area contributed by atoms with Crippen LogP contribution in [0.5, 0.6) is 5.75 Å². The van der Waals surface area contributed by atoms with E-state index in [1.807, 2.05) is 0 Å². The lowest BCUT2D eigenvalue weighted by atomic mass is 10.3. The molecule has 0 aliphatic heterocycles. The summed E-state index contributed by atoms with van der Waals surface area (Å²) >= 11 is 0. The zero-order valence-electron chi connectivity index (χ0n) is 13.2. The molecule has 1 rings (SSSR count). The summed E-state index contributed by atoms with van der Waals surface area (Å²) in [5.41, 5.74) is 3.29. The van der Waals surface area contributed by atoms with Gasteiger partial charge in [0.15, 0.2) is 0 Å². The number of hydrazone groups is 1. The van der Waals surface area contributed by atoms with Gasteiger partial charge in [-0.15, -0.1) is 0 Å². The van der Waals surface area contributed by atoms with Gasteiger partial charge < -0.3 is 4.74 Å². The molecule has 1 aromatic carbocycles. The monoisotopic (exact) mass is 327 g/mol. The SMILES string of the molecule is CCOc1ccccc1N(CC(=O)NN=C(C)C)S(C)(=O)=O. The Morgan fingerprint density at radius 3 is 2.50 bits per heavy atom. The molecule has 1 amide bonds. The Morgan fingerprint density at radius 2 is 1.95 bits per heavy atom. The molecule has 0 unspecified atom stereocenters. The highest BCUT2D eigenvalue weighted by Crippen LogP contribution is 2.29. The summed E-state index contributed by atoms with van der Waals surface area (Å²) in [6, 6.07) is 6.67. The standard InChI is InChI=1S/C14H21N3O4S/c1-5-21-13-9-7-6-8-12(13)17(22(4,19)20)10-14(18)16-15-11(2)3/h6-9H,5,10H2,1-4H3,(H,16,18). The first-order valence-corrected chi connectivity index (χ1v) is 8.59. The maximum Gasteiger partial charge on any atom is 0.260 e. The smallest absolute Gasteiger partial charge is 0.260 e. The number of hydrogen-bond donors (Lipinski definition) is 1. The van der Waals surface area contributed by atoms with Crippen LogP contribution in [-0.4, -0.2) is 39.4 Å². The zero-order valence-corrected chi connectivity index (χ0v) is 14.0. The van der Waals surface area contributed by atoms with E-state index < -0.39 is 15.9 Å². The third-order valence-corrected chi connectivity index (χ3v) is 3.65. The highest BCUT2D eigenvalue weighted by molar-refractivity contribution is 7.92. The van der Waals surface area contributed by atoms with Crippen molar-refractivity contribution >= 4 is 27.3 Å². The van der Waals surface area contributed by atoms with E-state index >= 15 is 0 Å². The van der Waals surface area contributed by atoms with Crippen molar-refractivity contribution in [3.05, 3.63) is 24.3 Å². The number of rotatable bonds is 7. The van der Waals surface area contributed by atoms with Crippen molar-refractivity contribution in [2.45, 2.75) is 20.8 Å². The van der Waals surface area contributed by atoms with Crippen LogP contribution in [0.25, 0.3) is 0 Å². The molecule has 0 aliphatic rings. The van der Waals surface area contributed by atoms with Crippen molar-refractivity contribution < 1.29 is 17.9 Å². The Labute approximate surface area is 131 Å². The van der Waals surface area contributed by atoms with E-state index in [0.29, 0.717) is 23.8 Å². The summed E-state index contributed by atoms with van der Waals surface area (Å²) in [6.45, 7) is 5.25. The second-order valence-corrected chi connectivity index (χ2v) is 6.67. The van der Waals surface area contributed by atoms with Crippen molar-refractivity contribution in [3.63, 3.8) is 0 Å². The second kappa shape index (κ2) is 7.79. The molecule has 0 spiro atoms. The average Bonchev–Trinajstić information content (AvgIpc) is 2.42. The molecule has 0 heterocycles. The number of carbonyl (C=O) groups is 1. The van der Waals surface area contributed by atoms with Crippen LogP contribution in [-0.2, 0) is 14.8 Å². The topological polar surface area (TPSA) is 88.1 Å². The maximum absolute atomic E-state index is 12.0. The first-order valence-electron chi connectivity index (χ1n) is 6.75. The van der Waals surface area contributed by atoms with Crippen molar-refractivity contribution in [2.75, 3.05) is 23.7 Å². The van der Waals surface area contributed by atoms with Gasteiger partial charge in [0.25, 0.3) is 5.91 Å². The summed E-state index contributed by atoms with van der Waals surface area (Å²) in [7, 11) is -3.65. The van der Waals surface area contributed by atoms with E-state index in [0.717, 1.165) is 10.6 Å². The number of carbonyl (C=O) groups excluding carboxylic acids is 1. The van der Waals surface area contributed by atoms with Gasteiger partial charge in [-0.25, -0.2) is 13.8 Å². The summed E-state index contributed by atoms with van der Waals surface area (Å²) in [5.74, 6) is -0.128. The van der Waals surface area contributed by atoms with Crippen LogP contribution in [0.15, 0.2) is 29.4 Å². The lowest BCUT2D eigenvalue weighted by molar-refractivity contribution is -0.119. The van der Waals surface area contributed by atoms with E-state index in [1.165, 1.54) is 0 Å². The molecule has 0 saturated carbocycles. The first kappa shape index (κ1) is 18.0. The zero-order chi connectivity index (χ0) is 16.8. The Kier molecular flexibility index (Phi) is 6.36. The van der Waals surface area contributed by atoms with Crippen molar-refractivity contribution in [1.29, 1.82) is 0 Å². The minimum absolute atomic E-state index is 0.319. The van der Waals surface area contributed by atoms with Crippen LogP contribution in [0.3, 0.4) is 0 Å². The number of anilines is 1. The van der Waals surface area contributed by atoms with E-state index in [1.54, 1.807) is 45.0 Å². The minimum atomic E-state index is -3.65. The molecule has 1 aromatic rings. The van der Waals surface area contributed by atoms with E-state index in [2.05, 4.69) is 10.5 Å². The van der Waals surface area contributed by atoms with Gasteiger partial charge >= 0.3 is 0 Å². The van der Waals surface area contributed by atoms with E-state index in [9.17, 15) is 13.2 Å². The lowest BCUT2D eigenvalue weighted by Gasteiger charge is -2.23.